The number of nitrogens with one attached hydrogen (secondary N) is 2. The summed E-state index contributed by atoms with van der Waals surface area (Å²) in [5.74, 6) is -3.00. The van der Waals surface area contributed by atoms with Crippen LogP contribution in [-0.2, 0) is 9.53 Å². The SMILES string of the molecule is CC(C)(C)OC(=O)Nc1ccc(-c2ccccc2F)cc1NC(=O)CC(=O)c1cc(C#N)ccc1F. The summed E-state index contributed by atoms with van der Waals surface area (Å²) >= 11 is 0. The van der Waals surface area contributed by atoms with Crippen LogP contribution >= 0.6 is 0 Å². The zero-order chi connectivity index (χ0) is 26.5. The Hall–Kier alpha value is -4.58. The number of rotatable bonds is 6. The Bertz CT molecular complexity index is 1370. The van der Waals surface area contributed by atoms with Crippen LogP contribution in [0.1, 0.15) is 43.1 Å². The number of hydrogen-bond acceptors (Lipinski definition) is 5. The summed E-state index contributed by atoms with van der Waals surface area (Å²) in [6.45, 7) is 5.05. The van der Waals surface area contributed by atoms with Gasteiger partial charge in [-0.3, -0.25) is 14.9 Å². The van der Waals surface area contributed by atoms with E-state index in [9.17, 15) is 23.2 Å². The van der Waals surface area contributed by atoms with E-state index in [1.165, 1.54) is 30.3 Å². The molecule has 0 saturated heterocycles. The Balaban J connectivity index is 1.89. The number of ether oxygens (including phenoxy) is 1. The molecular weight excluding hydrogens is 468 g/mol. The minimum absolute atomic E-state index is 0.0709. The molecule has 0 saturated carbocycles. The number of Topliss-reactive ketones (excluding diaryl/α,β-unsaturated/α-hetero) is 1. The van der Waals surface area contributed by atoms with Gasteiger partial charge in [-0.1, -0.05) is 24.3 Å². The lowest BCUT2D eigenvalue weighted by Crippen LogP contribution is -2.27. The Kier molecular flexibility index (Phi) is 7.80. The monoisotopic (exact) mass is 491 g/mol. The van der Waals surface area contributed by atoms with E-state index < -0.39 is 47.0 Å². The van der Waals surface area contributed by atoms with Crippen LogP contribution in [0.3, 0.4) is 0 Å². The van der Waals surface area contributed by atoms with Gasteiger partial charge in [-0.15, -0.1) is 0 Å². The maximum absolute atomic E-state index is 14.3. The van der Waals surface area contributed by atoms with E-state index in [4.69, 9.17) is 10.00 Å². The number of nitriles is 1. The van der Waals surface area contributed by atoms with Gasteiger partial charge in [0.15, 0.2) is 5.78 Å². The molecule has 0 aliphatic heterocycles. The van der Waals surface area contributed by atoms with Gasteiger partial charge in [-0.05, 0) is 62.7 Å². The molecule has 3 aromatic carbocycles. The van der Waals surface area contributed by atoms with Gasteiger partial charge in [0, 0.05) is 5.56 Å². The highest BCUT2D eigenvalue weighted by Crippen LogP contribution is 2.31. The summed E-state index contributed by atoms with van der Waals surface area (Å²) in [5.41, 5.74) is -0.235. The maximum Gasteiger partial charge on any atom is 0.412 e. The third-order valence-electron chi connectivity index (χ3n) is 4.83. The summed E-state index contributed by atoms with van der Waals surface area (Å²) in [6.07, 6.45) is -1.52. The summed E-state index contributed by atoms with van der Waals surface area (Å²) in [5, 5.41) is 14.0. The second-order valence-electron chi connectivity index (χ2n) is 8.82. The van der Waals surface area contributed by atoms with Gasteiger partial charge in [-0.25, -0.2) is 13.6 Å². The average Bonchev–Trinajstić information content (AvgIpc) is 2.79. The lowest BCUT2D eigenvalue weighted by atomic mass is 10.0. The van der Waals surface area contributed by atoms with Crippen molar-refractivity contribution in [2.45, 2.75) is 32.8 Å². The summed E-state index contributed by atoms with van der Waals surface area (Å²) in [4.78, 5) is 37.6. The van der Waals surface area contributed by atoms with Crippen molar-refractivity contribution in [1.29, 1.82) is 5.26 Å². The highest BCUT2D eigenvalue weighted by atomic mass is 19.1. The fraction of sp³-hybridized carbons (Fsp3) is 0.185. The van der Waals surface area contributed by atoms with Crippen molar-refractivity contribution < 1.29 is 27.9 Å². The summed E-state index contributed by atoms with van der Waals surface area (Å²) < 4.78 is 33.7. The molecule has 0 aromatic heterocycles. The zero-order valence-corrected chi connectivity index (χ0v) is 19.8. The molecule has 7 nitrogen and oxygen atoms in total. The second-order valence-corrected chi connectivity index (χ2v) is 8.82. The lowest BCUT2D eigenvalue weighted by molar-refractivity contribution is -0.115. The molecule has 0 spiro atoms. The molecule has 3 rings (SSSR count). The van der Waals surface area contributed by atoms with Crippen LogP contribution < -0.4 is 10.6 Å². The molecule has 0 aliphatic rings. The molecule has 9 heteroatoms. The predicted octanol–water partition coefficient (Wildman–Crippen LogP) is 6.06. The van der Waals surface area contributed by atoms with E-state index in [0.29, 0.717) is 5.56 Å². The van der Waals surface area contributed by atoms with Crippen LogP contribution in [-0.4, -0.2) is 23.4 Å². The maximum atomic E-state index is 14.3. The predicted molar refractivity (Wildman–Crippen MR) is 130 cm³/mol. The van der Waals surface area contributed by atoms with Gasteiger partial charge >= 0.3 is 6.09 Å². The van der Waals surface area contributed by atoms with Crippen LogP contribution in [0.25, 0.3) is 11.1 Å². The standard InChI is InChI=1S/C27H23F2N3O4/c1-27(2,3)36-26(35)32-22-11-9-17(18-6-4-5-7-20(18)28)13-23(22)31-25(34)14-24(33)19-12-16(15-30)8-10-21(19)29/h4-13H,14H2,1-3H3,(H,31,34)(H,32,35). The van der Waals surface area contributed by atoms with Crippen LogP contribution in [0, 0.1) is 23.0 Å². The third kappa shape index (κ3) is 6.73. The molecule has 184 valence electrons. The number of carbonyl (C=O) groups is 3. The van der Waals surface area contributed by atoms with E-state index in [1.54, 1.807) is 39.0 Å². The molecule has 0 aliphatic carbocycles. The molecule has 0 atom stereocenters. The smallest absolute Gasteiger partial charge is 0.412 e. The first kappa shape index (κ1) is 26.0. The molecule has 0 unspecified atom stereocenters. The van der Waals surface area contributed by atoms with Crippen molar-refractivity contribution in [3.8, 4) is 17.2 Å². The van der Waals surface area contributed by atoms with Crippen molar-refractivity contribution in [3.05, 3.63) is 83.4 Å². The van der Waals surface area contributed by atoms with Gasteiger partial charge < -0.3 is 10.1 Å². The highest BCUT2D eigenvalue weighted by Gasteiger charge is 2.21. The third-order valence-corrected chi connectivity index (χ3v) is 4.83. The first-order chi connectivity index (χ1) is 17.0. The number of carbonyl (C=O) groups excluding carboxylic acids is 3. The van der Waals surface area contributed by atoms with Gasteiger partial charge in [0.05, 0.1) is 35.0 Å². The van der Waals surface area contributed by atoms with Crippen LogP contribution in [0.15, 0.2) is 60.7 Å². The van der Waals surface area contributed by atoms with E-state index >= 15 is 0 Å². The van der Waals surface area contributed by atoms with Gasteiger partial charge in [-0.2, -0.15) is 5.26 Å². The topological polar surface area (TPSA) is 108 Å². The quantitative estimate of drug-likeness (QED) is 0.322. The van der Waals surface area contributed by atoms with E-state index in [-0.39, 0.29) is 22.5 Å². The van der Waals surface area contributed by atoms with Crippen molar-refractivity contribution >= 4 is 29.2 Å². The van der Waals surface area contributed by atoms with Crippen molar-refractivity contribution in [2.75, 3.05) is 10.6 Å². The molecule has 0 heterocycles. The van der Waals surface area contributed by atoms with E-state index in [0.717, 1.165) is 12.1 Å². The minimum Gasteiger partial charge on any atom is -0.444 e. The normalized spacial score (nSPS) is 10.8. The van der Waals surface area contributed by atoms with Crippen LogP contribution in [0.2, 0.25) is 0 Å². The number of hydrogen-bond donors (Lipinski definition) is 2. The molecule has 0 radical (unpaired) electrons. The summed E-state index contributed by atoms with van der Waals surface area (Å²) in [6, 6.07) is 15.5. The largest absolute Gasteiger partial charge is 0.444 e. The Morgan fingerprint density at radius 3 is 2.31 bits per heavy atom. The number of anilines is 2. The van der Waals surface area contributed by atoms with E-state index in [2.05, 4.69) is 10.6 Å². The van der Waals surface area contributed by atoms with Crippen molar-refractivity contribution in [3.63, 3.8) is 0 Å². The number of halogens is 2. The van der Waals surface area contributed by atoms with Crippen molar-refractivity contribution in [2.24, 2.45) is 0 Å². The van der Waals surface area contributed by atoms with Crippen LogP contribution in [0.5, 0.6) is 0 Å². The number of ketones is 1. The molecular formula is C27H23F2N3O4. The van der Waals surface area contributed by atoms with Gasteiger partial charge in [0.1, 0.15) is 17.2 Å². The van der Waals surface area contributed by atoms with Crippen LogP contribution in [0.4, 0.5) is 25.0 Å². The first-order valence-electron chi connectivity index (χ1n) is 10.9. The van der Waals surface area contributed by atoms with Gasteiger partial charge in [0.25, 0.3) is 0 Å². The zero-order valence-electron chi connectivity index (χ0n) is 19.8. The molecule has 0 bridgehead atoms. The second kappa shape index (κ2) is 10.8. The fourth-order valence-electron chi connectivity index (χ4n) is 3.28. The van der Waals surface area contributed by atoms with E-state index in [1.807, 2.05) is 6.07 Å². The Morgan fingerprint density at radius 2 is 1.64 bits per heavy atom. The number of amides is 2. The Labute approximate surface area is 206 Å². The highest BCUT2D eigenvalue weighted by molar-refractivity contribution is 6.12. The summed E-state index contributed by atoms with van der Waals surface area (Å²) in [7, 11) is 0. The first-order valence-corrected chi connectivity index (χ1v) is 10.9. The number of benzene rings is 3. The molecule has 36 heavy (non-hydrogen) atoms. The molecule has 2 amide bonds. The Morgan fingerprint density at radius 1 is 0.917 bits per heavy atom. The molecule has 3 aromatic rings. The molecule has 0 fully saturated rings. The molecule has 2 N–H and O–H groups in total. The van der Waals surface area contributed by atoms with Gasteiger partial charge in [0.2, 0.25) is 5.91 Å². The number of nitrogens with zero attached hydrogens (tertiary/aromatic N) is 1. The lowest BCUT2D eigenvalue weighted by Gasteiger charge is -2.21. The van der Waals surface area contributed by atoms with Crippen molar-refractivity contribution in [1.82, 2.24) is 0 Å². The average molecular weight is 491 g/mol. The minimum atomic E-state index is -0.861. The fourth-order valence-corrected chi connectivity index (χ4v) is 3.28.